The van der Waals surface area contributed by atoms with Gasteiger partial charge in [-0.1, -0.05) is 12.1 Å². The summed E-state index contributed by atoms with van der Waals surface area (Å²) < 4.78 is 5.14. The van der Waals surface area contributed by atoms with E-state index in [1.54, 1.807) is 12.1 Å². The van der Waals surface area contributed by atoms with Crippen molar-refractivity contribution in [2.75, 3.05) is 19.7 Å². The summed E-state index contributed by atoms with van der Waals surface area (Å²) in [6.45, 7) is 1.64. The third-order valence-electron chi connectivity index (χ3n) is 2.23. The van der Waals surface area contributed by atoms with Gasteiger partial charge in [0.1, 0.15) is 5.75 Å². The van der Waals surface area contributed by atoms with Crippen molar-refractivity contribution in [1.82, 2.24) is 10.6 Å². The summed E-state index contributed by atoms with van der Waals surface area (Å²) in [5.41, 5.74) is 11.0. The van der Waals surface area contributed by atoms with Gasteiger partial charge in [0.15, 0.2) is 6.61 Å². The number of primary amides is 2. The van der Waals surface area contributed by atoms with Crippen LogP contribution in [0.3, 0.4) is 0 Å². The summed E-state index contributed by atoms with van der Waals surface area (Å²) in [5.74, 6) is 0.0886. The number of hydrogen-bond acceptors (Lipinski definition) is 4. The molecule has 104 valence electrons. The molecule has 7 heteroatoms. The third-order valence-corrected chi connectivity index (χ3v) is 2.23. The van der Waals surface area contributed by atoms with Crippen molar-refractivity contribution in [1.29, 1.82) is 0 Å². The molecule has 1 aromatic carbocycles. The van der Waals surface area contributed by atoms with Gasteiger partial charge in [-0.3, -0.25) is 4.79 Å². The Kier molecular flexibility index (Phi) is 6.17. The van der Waals surface area contributed by atoms with Crippen molar-refractivity contribution >= 4 is 11.9 Å². The molecule has 0 saturated heterocycles. The summed E-state index contributed by atoms with van der Waals surface area (Å²) in [6.07, 6.45) is 0. The molecule has 0 heterocycles. The number of rotatable bonds is 8. The summed E-state index contributed by atoms with van der Waals surface area (Å²) in [6, 6.07) is 6.76. The molecule has 0 aliphatic heterocycles. The van der Waals surface area contributed by atoms with E-state index < -0.39 is 11.9 Å². The molecule has 1 rings (SSSR count). The highest BCUT2D eigenvalue weighted by atomic mass is 16.5. The topological polar surface area (TPSA) is 119 Å². The first-order valence-electron chi connectivity index (χ1n) is 5.82. The molecule has 0 radical (unpaired) electrons. The SMILES string of the molecule is NC(=O)COc1ccc(CNCCNC(N)=O)cc1. The predicted octanol–water partition coefficient (Wildman–Crippen LogP) is -0.691. The van der Waals surface area contributed by atoms with Gasteiger partial charge >= 0.3 is 6.03 Å². The van der Waals surface area contributed by atoms with Crippen molar-refractivity contribution in [3.05, 3.63) is 29.8 Å². The monoisotopic (exact) mass is 266 g/mol. The zero-order valence-corrected chi connectivity index (χ0v) is 10.5. The molecule has 0 saturated carbocycles. The van der Waals surface area contributed by atoms with Gasteiger partial charge in [0, 0.05) is 19.6 Å². The Bertz CT molecular complexity index is 419. The number of ether oxygens (including phenoxy) is 1. The normalized spacial score (nSPS) is 9.89. The first-order chi connectivity index (χ1) is 9.08. The minimum Gasteiger partial charge on any atom is -0.484 e. The Labute approximate surface area is 111 Å². The van der Waals surface area contributed by atoms with Gasteiger partial charge in [0.05, 0.1) is 0 Å². The fourth-order valence-corrected chi connectivity index (χ4v) is 1.36. The standard InChI is InChI=1S/C12H18N4O3/c13-11(17)8-19-10-3-1-9(2-4-10)7-15-5-6-16-12(14)18/h1-4,15H,5-8H2,(H2,13,17)(H3,14,16,18). The first-order valence-corrected chi connectivity index (χ1v) is 5.82. The highest BCUT2D eigenvalue weighted by Crippen LogP contribution is 2.11. The average molecular weight is 266 g/mol. The van der Waals surface area contributed by atoms with Gasteiger partial charge in [-0.15, -0.1) is 0 Å². The highest BCUT2D eigenvalue weighted by molar-refractivity contribution is 5.75. The van der Waals surface area contributed by atoms with Crippen LogP contribution >= 0.6 is 0 Å². The number of nitrogens with two attached hydrogens (primary N) is 2. The van der Waals surface area contributed by atoms with Crippen LogP contribution in [-0.2, 0) is 11.3 Å². The van der Waals surface area contributed by atoms with Crippen molar-refractivity contribution < 1.29 is 14.3 Å². The van der Waals surface area contributed by atoms with E-state index in [-0.39, 0.29) is 6.61 Å². The van der Waals surface area contributed by atoms with Gasteiger partial charge < -0.3 is 26.8 Å². The summed E-state index contributed by atoms with van der Waals surface area (Å²) in [4.78, 5) is 21.0. The van der Waals surface area contributed by atoms with Gasteiger partial charge in [-0.25, -0.2) is 4.79 Å². The molecular formula is C12H18N4O3. The maximum absolute atomic E-state index is 10.5. The number of nitrogens with one attached hydrogen (secondary N) is 2. The minimum atomic E-state index is -0.530. The van der Waals surface area contributed by atoms with E-state index >= 15 is 0 Å². The number of amides is 3. The Balaban J connectivity index is 2.24. The molecule has 0 unspecified atom stereocenters. The number of hydrogen-bond donors (Lipinski definition) is 4. The molecule has 0 aliphatic rings. The Morgan fingerprint density at radius 1 is 1.11 bits per heavy atom. The lowest BCUT2D eigenvalue weighted by Gasteiger charge is -2.07. The van der Waals surface area contributed by atoms with Gasteiger partial charge in [-0.05, 0) is 17.7 Å². The molecule has 0 atom stereocenters. The van der Waals surface area contributed by atoms with E-state index in [0.29, 0.717) is 25.4 Å². The Morgan fingerprint density at radius 3 is 2.37 bits per heavy atom. The second kappa shape index (κ2) is 7.93. The van der Waals surface area contributed by atoms with Gasteiger partial charge in [0.25, 0.3) is 5.91 Å². The lowest BCUT2D eigenvalue weighted by molar-refractivity contribution is -0.119. The maximum Gasteiger partial charge on any atom is 0.312 e. The van der Waals surface area contributed by atoms with E-state index in [1.165, 1.54) is 0 Å². The van der Waals surface area contributed by atoms with Crippen LogP contribution in [0.5, 0.6) is 5.75 Å². The number of urea groups is 1. The van der Waals surface area contributed by atoms with Crippen molar-refractivity contribution in [3.8, 4) is 5.75 Å². The maximum atomic E-state index is 10.5. The summed E-state index contributed by atoms with van der Waals surface area (Å²) in [5, 5.41) is 5.62. The van der Waals surface area contributed by atoms with E-state index in [4.69, 9.17) is 16.2 Å². The molecule has 3 amide bonds. The Hall–Kier alpha value is -2.28. The number of benzene rings is 1. The second-order valence-corrected chi connectivity index (χ2v) is 3.87. The van der Waals surface area contributed by atoms with Crippen LogP contribution in [0.1, 0.15) is 5.56 Å². The molecule has 0 aromatic heterocycles. The molecule has 0 fully saturated rings. The Morgan fingerprint density at radius 2 is 1.79 bits per heavy atom. The van der Waals surface area contributed by atoms with Crippen LogP contribution in [0.4, 0.5) is 4.79 Å². The fraction of sp³-hybridized carbons (Fsp3) is 0.333. The summed E-state index contributed by atoms with van der Waals surface area (Å²) in [7, 11) is 0. The molecule has 7 nitrogen and oxygen atoms in total. The largest absolute Gasteiger partial charge is 0.484 e. The minimum absolute atomic E-state index is 0.129. The van der Waals surface area contributed by atoms with Crippen LogP contribution < -0.4 is 26.8 Å². The lowest BCUT2D eigenvalue weighted by Crippen LogP contribution is -2.35. The van der Waals surface area contributed by atoms with E-state index in [2.05, 4.69) is 10.6 Å². The van der Waals surface area contributed by atoms with Gasteiger partial charge in [0.2, 0.25) is 0 Å². The number of carbonyl (C=O) groups is 2. The van der Waals surface area contributed by atoms with Crippen LogP contribution in [0.25, 0.3) is 0 Å². The first kappa shape index (κ1) is 14.8. The van der Waals surface area contributed by atoms with Crippen molar-refractivity contribution in [2.24, 2.45) is 11.5 Å². The predicted molar refractivity (Wildman–Crippen MR) is 70.4 cm³/mol. The van der Waals surface area contributed by atoms with Crippen molar-refractivity contribution in [3.63, 3.8) is 0 Å². The second-order valence-electron chi connectivity index (χ2n) is 3.87. The number of carbonyl (C=O) groups excluding carboxylic acids is 2. The lowest BCUT2D eigenvalue weighted by atomic mass is 10.2. The zero-order valence-electron chi connectivity index (χ0n) is 10.5. The van der Waals surface area contributed by atoms with Crippen LogP contribution in [0.15, 0.2) is 24.3 Å². The van der Waals surface area contributed by atoms with E-state index in [1.807, 2.05) is 12.1 Å². The molecular weight excluding hydrogens is 248 g/mol. The van der Waals surface area contributed by atoms with Crippen LogP contribution in [0, 0.1) is 0 Å². The molecule has 19 heavy (non-hydrogen) atoms. The molecule has 0 bridgehead atoms. The van der Waals surface area contributed by atoms with E-state index in [9.17, 15) is 9.59 Å². The average Bonchev–Trinajstić information content (AvgIpc) is 2.37. The fourth-order valence-electron chi connectivity index (χ4n) is 1.36. The van der Waals surface area contributed by atoms with Crippen LogP contribution in [0.2, 0.25) is 0 Å². The molecule has 6 N–H and O–H groups in total. The summed E-state index contributed by atoms with van der Waals surface area (Å²) >= 11 is 0. The van der Waals surface area contributed by atoms with Crippen molar-refractivity contribution in [2.45, 2.75) is 6.54 Å². The quantitative estimate of drug-likeness (QED) is 0.465. The zero-order chi connectivity index (χ0) is 14.1. The molecule has 0 aliphatic carbocycles. The molecule has 1 aromatic rings. The smallest absolute Gasteiger partial charge is 0.312 e. The van der Waals surface area contributed by atoms with Crippen LogP contribution in [-0.4, -0.2) is 31.6 Å². The third kappa shape index (κ3) is 6.89. The molecule has 0 spiro atoms. The van der Waals surface area contributed by atoms with E-state index in [0.717, 1.165) is 5.56 Å². The highest BCUT2D eigenvalue weighted by Gasteiger charge is 1.98. The van der Waals surface area contributed by atoms with Gasteiger partial charge in [-0.2, -0.15) is 0 Å².